The van der Waals surface area contributed by atoms with Gasteiger partial charge in [0.2, 0.25) is 0 Å². The van der Waals surface area contributed by atoms with Crippen molar-refractivity contribution in [2.24, 2.45) is 0 Å². The average Bonchev–Trinajstić information content (AvgIpc) is 2.47. The second kappa shape index (κ2) is 6.78. The van der Waals surface area contributed by atoms with E-state index in [0.717, 1.165) is 17.2 Å². The van der Waals surface area contributed by atoms with Crippen LogP contribution in [0.4, 0.5) is 0 Å². The van der Waals surface area contributed by atoms with Gasteiger partial charge in [-0.25, -0.2) is 0 Å². The molecule has 0 aromatic heterocycles. The van der Waals surface area contributed by atoms with Gasteiger partial charge in [0, 0.05) is 11.1 Å². The first kappa shape index (κ1) is 14.9. The molecule has 0 amide bonds. The lowest BCUT2D eigenvalue weighted by molar-refractivity contribution is 0.414. The van der Waals surface area contributed by atoms with Crippen molar-refractivity contribution in [2.45, 2.75) is 19.4 Å². The zero-order valence-electron chi connectivity index (χ0n) is 12.1. The molecule has 0 aliphatic rings. The lowest BCUT2D eigenvalue weighted by atomic mass is 9.95. The zero-order valence-corrected chi connectivity index (χ0v) is 12.9. The van der Waals surface area contributed by atoms with Crippen LogP contribution < -0.4 is 10.1 Å². The van der Waals surface area contributed by atoms with Gasteiger partial charge in [-0.05, 0) is 61.3 Å². The fourth-order valence-corrected chi connectivity index (χ4v) is 2.57. The molecule has 1 N–H and O–H groups in total. The van der Waals surface area contributed by atoms with Gasteiger partial charge in [0.05, 0.1) is 7.11 Å². The Morgan fingerprint density at radius 3 is 2.70 bits per heavy atom. The van der Waals surface area contributed by atoms with Crippen molar-refractivity contribution in [1.29, 1.82) is 0 Å². The van der Waals surface area contributed by atoms with Crippen LogP contribution in [0.15, 0.2) is 42.5 Å². The van der Waals surface area contributed by atoms with Crippen molar-refractivity contribution in [3.05, 3.63) is 64.2 Å². The monoisotopic (exact) mass is 289 g/mol. The number of halogens is 1. The molecule has 0 bridgehead atoms. The molecule has 2 nitrogen and oxygen atoms in total. The van der Waals surface area contributed by atoms with Crippen LogP contribution in [0, 0.1) is 6.92 Å². The summed E-state index contributed by atoms with van der Waals surface area (Å²) in [5.74, 6) is 0.889. The maximum absolute atomic E-state index is 6.12. The summed E-state index contributed by atoms with van der Waals surface area (Å²) >= 11 is 6.12. The maximum Gasteiger partial charge on any atom is 0.119 e. The highest BCUT2D eigenvalue weighted by atomic mass is 35.5. The minimum atomic E-state index is 0.237. The van der Waals surface area contributed by atoms with Gasteiger partial charge in [0.1, 0.15) is 5.75 Å². The molecule has 2 aromatic rings. The fourth-order valence-electron chi connectivity index (χ4n) is 2.39. The summed E-state index contributed by atoms with van der Waals surface area (Å²) in [6.07, 6.45) is 0.898. The Morgan fingerprint density at radius 1 is 1.20 bits per heavy atom. The number of methoxy groups -OCH3 is 1. The molecule has 0 radical (unpaired) electrons. The van der Waals surface area contributed by atoms with Crippen LogP contribution >= 0.6 is 11.6 Å². The normalized spacial score (nSPS) is 12.2. The molecule has 0 spiro atoms. The van der Waals surface area contributed by atoms with E-state index in [1.165, 1.54) is 16.7 Å². The smallest absolute Gasteiger partial charge is 0.119 e. The second-order valence-corrected chi connectivity index (χ2v) is 5.33. The van der Waals surface area contributed by atoms with Crippen LogP contribution in [-0.4, -0.2) is 14.2 Å². The Labute approximate surface area is 125 Å². The van der Waals surface area contributed by atoms with E-state index < -0.39 is 0 Å². The van der Waals surface area contributed by atoms with Crippen molar-refractivity contribution < 1.29 is 4.74 Å². The summed E-state index contributed by atoms with van der Waals surface area (Å²) in [6.45, 7) is 2.11. The van der Waals surface area contributed by atoms with Crippen LogP contribution in [-0.2, 0) is 6.42 Å². The number of rotatable bonds is 5. The number of hydrogen-bond donors (Lipinski definition) is 1. The molecule has 2 rings (SSSR count). The summed E-state index contributed by atoms with van der Waals surface area (Å²) in [6, 6.07) is 14.4. The van der Waals surface area contributed by atoms with Gasteiger partial charge >= 0.3 is 0 Å². The standard InChI is InChI=1S/C17H20ClNO/c1-12-7-8-14(18)11-16(12)17(19-2)10-13-5-4-6-15(9-13)20-3/h4-9,11,17,19H,10H2,1-3H3. The quantitative estimate of drug-likeness (QED) is 0.892. The van der Waals surface area contributed by atoms with Gasteiger partial charge in [-0.15, -0.1) is 0 Å². The maximum atomic E-state index is 6.12. The summed E-state index contributed by atoms with van der Waals surface area (Å²) < 4.78 is 5.28. The van der Waals surface area contributed by atoms with Gasteiger partial charge in [-0.3, -0.25) is 0 Å². The average molecular weight is 290 g/mol. The Kier molecular flexibility index (Phi) is 5.05. The van der Waals surface area contributed by atoms with E-state index in [0.29, 0.717) is 0 Å². The van der Waals surface area contributed by atoms with E-state index in [2.05, 4.69) is 30.4 Å². The Hall–Kier alpha value is -1.51. The van der Waals surface area contributed by atoms with E-state index in [1.807, 2.05) is 31.3 Å². The van der Waals surface area contributed by atoms with E-state index in [4.69, 9.17) is 16.3 Å². The Morgan fingerprint density at radius 2 is 2.00 bits per heavy atom. The van der Waals surface area contributed by atoms with E-state index in [-0.39, 0.29) is 6.04 Å². The van der Waals surface area contributed by atoms with Crippen molar-refractivity contribution in [1.82, 2.24) is 5.32 Å². The Bertz CT molecular complexity index is 583. The van der Waals surface area contributed by atoms with E-state index >= 15 is 0 Å². The summed E-state index contributed by atoms with van der Waals surface area (Å²) in [5, 5.41) is 4.15. The van der Waals surface area contributed by atoms with E-state index in [9.17, 15) is 0 Å². The molecule has 3 heteroatoms. The number of hydrogen-bond acceptors (Lipinski definition) is 2. The minimum Gasteiger partial charge on any atom is -0.497 e. The molecule has 0 aliphatic carbocycles. The zero-order chi connectivity index (χ0) is 14.5. The van der Waals surface area contributed by atoms with Gasteiger partial charge in [0.25, 0.3) is 0 Å². The Balaban J connectivity index is 2.26. The molecule has 0 heterocycles. The van der Waals surface area contributed by atoms with Crippen molar-refractivity contribution >= 4 is 11.6 Å². The number of likely N-dealkylation sites (N-methyl/N-ethyl adjacent to an activating group) is 1. The van der Waals surface area contributed by atoms with Gasteiger partial charge < -0.3 is 10.1 Å². The SMILES string of the molecule is CNC(Cc1cccc(OC)c1)c1cc(Cl)ccc1C. The van der Waals surface area contributed by atoms with Gasteiger partial charge in [-0.1, -0.05) is 29.8 Å². The molecule has 0 aliphatic heterocycles. The largest absolute Gasteiger partial charge is 0.497 e. The predicted octanol–water partition coefficient (Wildman–Crippen LogP) is 4.16. The van der Waals surface area contributed by atoms with E-state index in [1.54, 1.807) is 7.11 Å². The first-order chi connectivity index (χ1) is 9.63. The molecule has 106 valence electrons. The molecule has 20 heavy (non-hydrogen) atoms. The van der Waals surface area contributed by atoms with Crippen LogP contribution in [0.1, 0.15) is 22.7 Å². The predicted molar refractivity (Wildman–Crippen MR) is 84.7 cm³/mol. The van der Waals surface area contributed by atoms with Crippen LogP contribution in [0.3, 0.4) is 0 Å². The molecule has 2 aromatic carbocycles. The number of nitrogens with one attached hydrogen (secondary N) is 1. The minimum absolute atomic E-state index is 0.237. The molecule has 1 unspecified atom stereocenters. The highest BCUT2D eigenvalue weighted by Gasteiger charge is 2.13. The number of ether oxygens (including phenoxy) is 1. The highest BCUT2D eigenvalue weighted by Crippen LogP contribution is 2.25. The van der Waals surface area contributed by atoms with Crippen molar-refractivity contribution in [3.63, 3.8) is 0 Å². The lowest BCUT2D eigenvalue weighted by Gasteiger charge is -2.19. The van der Waals surface area contributed by atoms with Crippen LogP contribution in [0.5, 0.6) is 5.75 Å². The molecule has 1 atom stereocenters. The molecule has 0 fully saturated rings. The second-order valence-electron chi connectivity index (χ2n) is 4.90. The first-order valence-electron chi connectivity index (χ1n) is 6.70. The van der Waals surface area contributed by atoms with Crippen molar-refractivity contribution in [3.8, 4) is 5.75 Å². The summed E-state index contributed by atoms with van der Waals surface area (Å²) in [7, 11) is 3.67. The summed E-state index contributed by atoms with van der Waals surface area (Å²) in [4.78, 5) is 0. The molecule has 0 saturated heterocycles. The molecular weight excluding hydrogens is 270 g/mol. The lowest BCUT2D eigenvalue weighted by Crippen LogP contribution is -2.19. The van der Waals surface area contributed by atoms with Gasteiger partial charge in [0.15, 0.2) is 0 Å². The van der Waals surface area contributed by atoms with Crippen LogP contribution in [0.25, 0.3) is 0 Å². The van der Waals surface area contributed by atoms with Crippen LogP contribution in [0.2, 0.25) is 5.02 Å². The summed E-state index contributed by atoms with van der Waals surface area (Å²) in [5.41, 5.74) is 3.72. The third kappa shape index (κ3) is 3.53. The number of aryl methyl sites for hydroxylation is 1. The first-order valence-corrected chi connectivity index (χ1v) is 7.08. The van der Waals surface area contributed by atoms with Gasteiger partial charge in [-0.2, -0.15) is 0 Å². The topological polar surface area (TPSA) is 21.3 Å². The van der Waals surface area contributed by atoms with Crippen molar-refractivity contribution in [2.75, 3.05) is 14.2 Å². The third-order valence-electron chi connectivity index (χ3n) is 3.54. The fraction of sp³-hybridized carbons (Fsp3) is 0.294. The molecular formula is C17H20ClNO. The third-order valence-corrected chi connectivity index (χ3v) is 3.77. The number of benzene rings is 2. The molecule has 0 saturated carbocycles. The highest BCUT2D eigenvalue weighted by molar-refractivity contribution is 6.30.